The summed E-state index contributed by atoms with van der Waals surface area (Å²) in [7, 11) is 1.56. The van der Waals surface area contributed by atoms with E-state index in [1.807, 2.05) is 26.0 Å². The lowest BCUT2D eigenvalue weighted by molar-refractivity contribution is -0.0308. The zero-order valence-electron chi connectivity index (χ0n) is 11.7. The van der Waals surface area contributed by atoms with Gasteiger partial charge in [0.15, 0.2) is 0 Å². The molecular formula is C15H21NO3. The van der Waals surface area contributed by atoms with E-state index in [0.717, 1.165) is 12.8 Å². The first-order valence-corrected chi connectivity index (χ1v) is 6.61. The van der Waals surface area contributed by atoms with Crippen molar-refractivity contribution >= 4 is 5.91 Å². The van der Waals surface area contributed by atoms with Gasteiger partial charge in [0.2, 0.25) is 0 Å². The van der Waals surface area contributed by atoms with Gasteiger partial charge in [-0.1, -0.05) is 12.1 Å². The van der Waals surface area contributed by atoms with Crippen molar-refractivity contribution in [1.82, 2.24) is 4.90 Å². The molecule has 4 heteroatoms. The van der Waals surface area contributed by atoms with Crippen molar-refractivity contribution in [2.24, 2.45) is 0 Å². The van der Waals surface area contributed by atoms with Gasteiger partial charge in [0.25, 0.3) is 5.91 Å². The maximum Gasteiger partial charge on any atom is 0.258 e. The summed E-state index contributed by atoms with van der Waals surface area (Å²) in [5, 5.41) is 10.1. The minimum absolute atomic E-state index is 0.0822. The topological polar surface area (TPSA) is 49.8 Å². The SMILES string of the molecule is COc1ccccc1C(=O)N1CCCC(O)C1(C)C. The van der Waals surface area contributed by atoms with Crippen molar-refractivity contribution in [2.75, 3.05) is 13.7 Å². The van der Waals surface area contributed by atoms with E-state index in [9.17, 15) is 9.90 Å². The summed E-state index contributed by atoms with van der Waals surface area (Å²) in [5.74, 6) is 0.490. The summed E-state index contributed by atoms with van der Waals surface area (Å²) in [6.07, 6.45) is 1.08. The second-order valence-electron chi connectivity index (χ2n) is 5.47. The van der Waals surface area contributed by atoms with Gasteiger partial charge >= 0.3 is 0 Å². The molecule has 1 heterocycles. The summed E-state index contributed by atoms with van der Waals surface area (Å²) < 4.78 is 5.24. The minimum atomic E-state index is -0.545. The van der Waals surface area contributed by atoms with Crippen LogP contribution in [0.25, 0.3) is 0 Å². The van der Waals surface area contributed by atoms with Gasteiger partial charge in [0, 0.05) is 6.54 Å². The molecule has 0 aromatic heterocycles. The molecular weight excluding hydrogens is 242 g/mol. The maximum absolute atomic E-state index is 12.7. The number of amides is 1. The van der Waals surface area contributed by atoms with Crippen LogP contribution < -0.4 is 4.74 Å². The van der Waals surface area contributed by atoms with Crippen molar-refractivity contribution in [3.8, 4) is 5.75 Å². The van der Waals surface area contributed by atoms with Gasteiger partial charge in [0.1, 0.15) is 5.75 Å². The van der Waals surface area contributed by atoms with Crippen LogP contribution in [0.2, 0.25) is 0 Å². The monoisotopic (exact) mass is 263 g/mol. The van der Waals surface area contributed by atoms with E-state index >= 15 is 0 Å². The Kier molecular flexibility index (Phi) is 3.80. The third kappa shape index (κ3) is 2.45. The number of nitrogens with zero attached hydrogens (tertiary/aromatic N) is 1. The largest absolute Gasteiger partial charge is 0.496 e. The molecule has 1 fully saturated rings. The molecule has 104 valence electrons. The third-order valence-corrected chi connectivity index (χ3v) is 3.95. The number of ether oxygens (including phenoxy) is 1. The highest BCUT2D eigenvalue weighted by molar-refractivity contribution is 5.97. The molecule has 1 unspecified atom stereocenters. The predicted molar refractivity (Wildman–Crippen MR) is 73.4 cm³/mol. The minimum Gasteiger partial charge on any atom is -0.496 e. The highest BCUT2D eigenvalue weighted by Crippen LogP contribution is 2.31. The van der Waals surface area contributed by atoms with Gasteiger partial charge in [-0.2, -0.15) is 0 Å². The summed E-state index contributed by atoms with van der Waals surface area (Å²) >= 11 is 0. The highest BCUT2D eigenvalue weighted by Gasteiger charge is 2.40. The van der Waals surface area contributed by atoms with Gasteiger partial charge in [-0.25, -0.2) is 0 Å². The van der Waals surface area contributed by atoms with Crippen molar-refractivity contribution in [1.29, 1.82) is 0 Å². The average Bonchev–Trinajstić information content (AvgIpc) is 2.41. The Morgan fingerprint density at radius 2 is 2.11 bits per heavy atom. The molecule has 1 aromatic carbocycles. The molecule has 1 saturated heterocycles. The molecule has 0 saturated carbocycles. The summed E-state index contributed by atoms with van der Waals surface area (Å²) in [6.45, 7) is 4.48. The number of benzene rings is 1. The molecule has 0 radical (unpaired) electrons. The lowest BCUT2D eigenvalue weighted by Crippen LogP contribution is -2.58. The first-order valence-electron chi connectivity index (χ1n) is 6.61. The fourth-order valence-corrected chi connectivity index (χ4v) is 2.59. The van der Waals surface area contributed by atoms with Crippen LogP contribution >= 0.6 is 0 Å². The molecule has 1 aliphatic heterocycles. The number of rotatable bonds is 2. The van der Waals surface area contributed by atoms with E-state index in [2.05, 4.69) is 0 Å². The fraction of sp³-hybridized carbons (Fsp3) is 0.533. The van der Waals surface area contributed by atoms with Crippen LogP contribution in [0.3, 0.4) is 0 Å². The second kappa shape index (κ2) is 5.21. The molecule has 2 rings (SSSR count). The number of piperidine rings is 1. The molecule has 0 spiro atoms. The summed E-state index contributed by atoms with van der Waals surface area (Å²) in [5.41, 5.74) is 0.00286. The number of likely N-dealkylation sites (tertiary alicyclic amines) is 1. The molecule has 1 aromatic rings. The normalized spacial score (nSPS) is 22.1. The Morgan fingerprint density at radius 1 is 1.42 bits per heavy atom. The van der Waals surface area contributed by atoms with Crippen molar-refractivity contribution in [2.45, 2.75) is 38.3 Å². The smallest absolute Gasteiger partial charge is 0.258 e. The van der Waals surface area contributed by atoms with Crippen LogP contribution in [-0.2, 0) is 0 Å². The molecule has 4 nitrogen and oxygen atoms in total. The third-order valence-electron chi connectivity index (χ3n) is 3.95. The number of carbonyl (C=O) groups is 1. The predicted octanol–water partition coefficient (Wildman–Crippen LogP) is 2.07. The number of para-hydroxylation sites is 1. The molecule has 1 N–H and O–H groups in total. The number of hydrogen-bond acceptors (Lipinski definition) is 3. The Morgan fingerprint density at radius 3 is 2.79 bits per heavy atom. The number of carbonyl (C=O) groups excluding carboxylic acids is 1. The van der Waals surface area contributed by atoms with Gasteiger partial charge in [-0.3, -0.25) is 4.79 Å². The van der Waals surface area contributed by atoms with Crippen LogP contribution in [0.4, 0.5) is 0 Å². The second-order valence-corrected chi connectivity index (χ2v) is 5.47. The van der Waals surface area contributed by atoms with Crippen molar-refractivity contribution < 1.29 is 14.6 Å². The van der Waals surface area contributed by atoms with E-state index in [1.165, 1.54) is 0 Å². The van der Waals surface area contributed by atoms with E-state index < -0.39 is 11.6 Å². The number of aliphatic hydroxyl groups is 1. The Bertz CT molecular complexity index is 470. The number of methoxy groups -OCH3 is 1. The van der Waals surface area contributed by atoms with E-state index in [4.69, 9.17) is 4.74 Å². The Balaban J connectivity index is 2.33. The Labute approximate surface area is 114 Å². The van der Waals surface area contributed by atoms with Gasteiger partial charge in [-0.05, 0) is 38.8 Å². The Hall–Kier alpha value is -1.55. The molecule has 0 aliphatic carbocycles. The highest BCUT2D eigenvalue weighted by atomic mass is 16.5. The molecule has 1 amide bonds. The molecule has 19 heavy (non-hydrogen) atoms. The van der Waals surface area contributed by atoms with Gasteiger partial charge in [0.05, 0.1) is 24.3 Å². The number of aliphatic hydroxyl groups excluding tert-OH is 1. The molecule has 1 atom stereocenters. The molecule has 1 aliphatic rings. The first-order chi connectivity index (χ1) is 8.98. The van der Waals surface area contributed by atoms with Crippen molar-refractivity contribution in [3.05, 3.63) is 29.8 Å². The summed E-state index contributed by atoms with van der Waals surface area (Å²) in [6, 6.07) is 7.20. The van der Waals surface area contributed by atoms with Crippen LogP contribution in [0.15, 0.2) is 24.3 Å². The fourth-order valence-electron chi connectivity index (χ4n) is 2.59. The zero-order chi connectivity index (χ0) is 14.0. The first kappa shape index (κ1) is 13.9. The van der Waals surface area contributed by atoms with Crippen LogP contribution in [-0.4, -0.2) is 41.2 Å². The summed E-state index contributed by atoms with van der Waals surface area (Å²) in [4.78, 5) is 14.4. The van der Waals surface area contributed by atoms with E-state index in [0.29, 0.717) is 17.9 Å². The quantitative estimate of drug-likeness (QED) is 0.888. The van der Waals surface area contributed by atoms with Gasteiger partial charge in [-0.15, -0.1) is 0 Å². The van der Waals surface area contributed by atoms with Crippen LogP contribution in [0, 0.1) is 0 Å². The maximum atomic E-state index is 12.7. The lowest BCUT2D eigenvalue weighted by Gasteiger charge is -2.45. The van der Waals surface area contributed by atoms with Crippen LogP contribution in [0.1, 0.15) is 37.0 Å². The lowest BCUT2D eigenvalue weighted by atomic mass is 9.86. The van der Waals surface area contributed by atoms with E-state index in [-0.39, 0.29) is 5.91 Å². The standard InChI is InChI=1S/C15H21NO3/c1-15(2)13(17)9-6-10-16(15)14(18)11-7-4-5-8-12(11)19-3/h4-5,7-8,13,17H,6,9-10H2,1-3H3. The van der Waals surface area contributed by atoms with E-state index in [1.54, 1.807) is 24.1 Å². The van der Waals surface area contributed by atoms with Crippen LogP contribution in [0.5, 0.6) is 5.75 Å². The average molecular weight is 263 g/mol. The molecule has 0 bridgehead atoms. The van der Waals surface area contributed by atoms with Crippen molar-refractivity contribution in [3.63, 3.8) is 0 Å². The number of hydrogen-bond donors (Lipinski definition) is 1. The van der Waals surface area contributed by atoms with Gasteiger partial charge < -0.3 is 14.7 Å². The zero-order valence-corrected chi connectivity index (χ0v) is 11.7.